The van der Waals surface area contributed by atoms with Crippen molar-refractivity contribution in [3.05, 3.63) is 29.3 Å². The van der Waals surface area contributed by atoms with Gasteiger partial charge in [-0.25, -0.2) is 0 Å². The Kier molecular flexibility index (Phi) is 4.87. The first kappa shape index (κ1) is 13.7. The highest BCUT2D eigenvalue weighted by Gasteiger charge is 2.24. The third kappa shape index (κ3) is 3.16. The summed E-state index contributed by atoms with van der Waals surface area (Å²) in [7, 11) is 0. The van der Waals surface area contributed by atoms with Crippen LogP contribution in [-0.4, -0.2) is 36.9 Å². The van der Waals surface area contributed by atoms with Crippen LogP contribution >= 0.6 is 11.6 Å². The molecule has 3 nitrogen and oxygen atoms in total. The minimum atomic E-state index is 0.210. The Labute approximate surface area is 114 Å². The summed E-state index contributed by atoms with van der Waals surface area (Å²) in [5.41, 5.74) is 1.08. The van der Waals surface area contributed by atoms with E-state index in [1.54, 1.807) is 0 Å². The number of halogens is 1. The lowest BCUT2D eigenvalue weighted by atomic mass is 10.1. The maximum Gasteiger partial charge on any atom is 0.0639 e. The summed E-state index contributed by atoms with van der Waals surface area (Å²) in [6.07, 6.45) is 1.86. The first-order valence-corrected chi connectivity index (χ1v) is 6.95. The van der Waals surface area contributed by atoms with Gasteiger partial charge in [0, 0.05) is 31.8 Å². The van der Waals surface area contributed by atoms with Crippen molar-refractivity contribution in [1.82, 2.24) is 5.32 Å². The Bertz CT molecular complexity index is 386. The molecule has 1 aliphatic rings. The minimum absolute atomic E-state index is 0.210. The van der Waals surface area contributed by atoms with Crippen molar-refractivity contribution in [2.24, 2.45) is 0 Å². The number of benzene rings is 1. The lowest BCUT2D eigenvalue weighted by molar-refractivity contribution is 0.272. The van der Waals surface area contributed by atoms with Crippen LogP contribution in [0.5, 0.6) is 0 Å². The van der Waals surface area contributed by atoms with E-state index in [0.717, 1.165) is 36.6 Å². The number of hydrogen-bond donors (Lipinski definition) is 2. The third-order valence-corrected chi connectivity index (χ3v) is 3.89. The molecule has 2 unspecified atom stereocenters. The van der Waals surface area contributed by atoms with Gasteiger partial charge >= 0.3 is 0 Å². The van der Waals surface area contributed by atoms with Crippen LogP contribution in [0.2, 0.25) is 5.02 Å². The molecule has 4 heteroatoms. The van der Waals surface area contributed by atoms with Crippen LogP contribution < -0.4 is 10.2 Å². The third-order valence-electron chi connectivity index (χ3n) is 3.57. The zero-order valence-electron chi connectivity index (χ0n) is 10.8. The zero-order valence-corrected chi connectivity index (χ0v) is 11.5. The maximum absolute atomic E-state index is 9.22. The molecule has 0 aliphatic carbocycles. The highest BCUT2D eigenvalue weighted by molar-refractivity contribution is 6.33. The number of para-hydroxylation sites is 1. The number of nitrogens with zero attached hydrogens (tertiary/aromatic N) is 1. The van der Waals surface area contributed by atoms with Gasteiger partial charge in [0.1, 0.15) is 0 Å². The number of nitrogens with one attached hydrogen (secondary N) is 1. The first-order chi connectivity index (χ1) is 8.72. The summed E-state index contributed by atoms with van der Waals surface area (Å²) >= 11 is 6.29. The van der Waals surface area contributed by atoms with E-state index in [1.165, 1.54) is 0 Å². The van der Waals surface area contributed by atoms with Gasteiger partial charge in [-0.15, -0.1) is 0 Å². The van der Waals surface area contributed by atoms with Gasteiger partial charge in [-0.05, 0) is 31.9 Å². The topological polar surface area (TPSA) is 35.5 Å². The number of aliphatic hydroxyl groups excluding tert-OH is 1. The number of hydrogen-bond acceptors (Lipinski definition) is 3. The number of aliphatic hydroxyl groups is 1. The van der Waals surface area contributed by atoms with E-state index in [-0.39, 0.29) is 6.61 Å². The molecule has 1 heterocycles. The summed E-state index contributed by atoms with van der Waals surface area (Å²) in [5, 5.41) is 13.5. The molecular formula is C14H21ClN2O. The van der Waals surface area contributed by atoms with E-state index in [4.69, 9.17) is 11.6 Å². The fourth-order valence-corrected chi connectivity index (χ4v) is 2.72. The van der Waals surface area contributed by atoms with Crippen LogP contribution in [0.4, 0.5) is 5.69 Å². The van der Waals surface area contributed by atoms with Gasteiger partial charge in [0.05, 0.1) is 10.7 Å². The monoisotopic (exact) mass is 268 g/mol. The molecule has 2 atom stereocenters. The van der Waals surface area contributed by atoms with Crippen molar-refractivity contribution in [2.75, 3.05) is 24.6 Å². The lowest BCUT2D eigenvalue weighted by Crippen LogP contribution is -2.41. The van der Waals surface area contributed by atoms with E-state index in [1.807, 2.05) is 18.2 Å². The van der Waals surface area contributed by atoms with E-state index in [9.17, 15) is 5.11 Å². The summed E-state index contributed by atoms with van der Waals surface area (Å²) in [5.74, 6) is 0. The van der Waals surface area contributed by atoms with Gasteiger partial charge in [0.2, 0.25) is 0 Å². The van der Waals surface area contributed by atoms with Crippen molar-refractivity contribution in [3.8, 4) is 0 Å². The molecule has 2 rings (SSSR count). The second-order valence-corrected chi connectivity index (χ2v) is 5.32. The molecule has 1 fully saturated rings. The van der Waals surface area contributed by atoms with Crippen molar-refractivity contribution >= 4 is 17.3 Å². The number of rotatable bonds is 3. The van der Waals surface area contributed by atoms with Crippen molar-refractivity contribution in [2.45, 2.75) is 31.8 Å². The van der Waals surface area contributed by atoms with E-state index < -0.39 is 0 Å². The molecule has 0 spiro atoms. The van der Waals surface area contributed by atoms with Crippen LogP contribution in [0.25, 0.3) is 0 Å². The molecule has 0 bridgehead atoms. The van der Waals surface area contributed by atoms with E-state index in [2.05, 4.69) is 23.2 Å². The highest BCUT2D eigenvalue weighted by atomic mass is 35.5. The molecule has 1 aromatic rings. The summed E-state index contributed by atoms with van der Waals surface area (Å²) in [6, 6.07) is 8.76. The quantitative estimate of drug-likeness (QED) is 0.883. The predicted molar refractivity (Wildman–Crippen MR) is 76.4 cm³/mol. The molecule has 1 aliphatic heterocycles. The Morgan fingerprint density at radius 1 is 1.44 bits per heavy atom. The van der Waals surface area contributed by atoms with Crippen molar-refractivity contribution < 1.29 is 5.11 Å². The molecule has 100 valence electrons. The Morgan fingerprint density at radius 3 is 2.94 bits per heavy atom. The largest absolute Gasteiger partial charge is 0.396 e. The average molecular weight is 269 g/mol. The van der Waals surface area contributed by atoms with Crippen LogP contribution in [-0.2, 0) is 0 Å². The molecule has 18 heavy (non-hydrogen) atoms. The second-order valence-electron chi connectivity index (χ2n) is 4.91. The standard InChI is InChI=1S/C14H21ClN2O/c1-11-6-8-17(12(7-9-18)10-16-11)14-5-3-2-4-13(14)15/h2-5,11-12,16,18H,6-10H2,1H3. The highest BCUT2D eigenvalue weighted by Crippen LogP contribution is 2.28. The fraction of sp³-hybridized carbons (Fsp3) is 0.571. The molecule has 1 aromatic carbocycles. The Balaban J connectivity index is 2.23. The van der Waals surface area contributed by atoms with Gasteiger partial charge in [0.25, 0.3) is 0 Å². The maximum atomic E-state index is 9.22. The van der Waals surface area contributed by atoms with Crippen molar-refractivity contribution in [3.63, 3.8) is 0 Å². The van der Waals surface area contributed by atoms with Crippen molar-refractivity contribution in [1.29, 1.82) is 0 Å². The van der Waals surface area contributed by atoms with Crippen LogP contribution in [0.3, 0.4) is 0 Å². The molecule has 0 aromatic heterocycles. The van der Waals surface area contributed by atoms with Gasteiger partial charge in [-0.1, -0.05) is 23.7 Å². The summed E-state index contributed by atoms with van der Waals surface area (Å²) in [6.45, 7) is 4.28. The van der Waals surface area contributed by atoms with Crippen LogP contribution in [0.1, 0.15) is 19.8 Å². The lowest BCUT2D eigenvalue weighted by Gasteiger charge is -2.32. The SMILES string of the molecule is CC1CCN(c2ccccc2Cl)C(CCO)CN1. The Morgan fingerprint density at radius 2 is 2.22 bits per heavy atom. The second kappa shape index (κ2) is 6.41. The van der Waals surface area contributed by atoms with Gasteiger partial charge in [0.15, 0.2) is 0 Å². The normalized spacial score (nSPS) is 24.9. The first-order valence-electron chi connectivity index (χ1n) is 6.57. The van der Waals surface area contributed by atoms with E-state index >= 15 is 0 Å². The Hall–Kier alpha value is -0.770. The summed E-state index contributed by atoms with van der Waals surface area (Å²) < 4.78 is 0. The molecule has 1 saturated heterocycles. The van der Waals surface area contributed by atoms with Gasteiger partial charge in [-0.3, -0.25) is 0 Å². The van der Waals surface area contributed by atoms with Gasteiger partial charge in [-0.2, -0.15) is 0 Å². The molecule has 0 radical (unpaired) electrons. The molecule has 2 N–H and O–H groups in total. The fourth-order valence-electron chi connectivity index (χ4n) is 2.47. The molecule has 0 saturated carbocycles. The minimum Gasteiger partial charge on any atom is -0.396 e. The van der Waals surface area contributed by atoms with E-state index in [0.29, 0.717) is 12.1 Å². The predicted octanol–water partition coefficient (Wildman–Crippen LogP) is 2.28. The molecular weight excluding hydrogens is 248 g/mol. The average Bonchev–Trinajstić information content (AvgIpc) is 2.54. The van der Waals surface area contributed by atoms with Crippen LogP contribution in [0, 0.1) is 0 Å². The zero-order chi connectivity index (χ0) is 13.0. The molecule has 0 amide bonds. The van der Waals surface area contributed by atoms with Gasteiger partial charge < -0.3 is 15.3 Å². The smallest absolute Gasteiger partial charge is 0.0639 e. The van der Waals surface area contributed by atoms with Crippen LogP contribution in [0.15, 0.2) is 24.3 Å². The summed E-state index contributed by atoms with van der Waals surface area (Å²) in [4.78, 5) is 2.33. The number of anilines is 1.